The first kappa shape index (κ1) is 29.7. The summed E-state index contributed by atoms with van der Waals surface area (Å²) in [4.78, 5) is 21.4. The van der Waals surface area contributed by atoms with Gasteiger partial charge in [0.25, 0.3) is 0 Å². The van der Waals surface area contributed by atoms with Crippen molar-refractivity contribution >= 4 is 12.1 Å². The minimum Gasteiger partial charge on any atom is -0.508 e. The molecule has 1 fully saturated rings. The van der Waals surface area contributed by atoms with Gasteiger partial charge >= 0.3 is 12.1 Å². The van der Waals surface area contributed by atoms with Crippen molar-refractivity contribution in [1.82, 2.24) is 0 Å². The largest absolute Gasteiger partial charge is 0.508 e. The van der Waals surface area contributed by atoms with E-state index >= 15 is 0 Å². The average Bonchev–Trinajstić information content (AvgIpc) is 2.65. The molecule has 1 aromatic rings. The second-order valence-electron chi connectivity index (χ2n) is 8.93. The maximum Gasteiger partial charge on any atom is 0.405 e. The predicted molar refractivity (Wildman–Crippen MR) is 123 cm³/mol. The van der Waals surface area contributed by atoms with Gasteiger partial charge in [-0.15, -0.1) is 0 Å². The monoisotopic (exact) mass is 455 g/mol. The van der Waals surface area contributed by atoms with Crippen LogP contribution in [0.4, 0.5) is 4.79 Å². The van der Waals surface area contributed by atoms with Gasteiger partial charge in [-0.1, -0.05) is 32.0 Å². The number of benzene rings is 1. The summed E-state index contributed by atoms with van der Waals surface area (Å²) in [6.45, 7) is 13.3. The molecule has 0 aliphatic carbocycles. The number of phenols is 1. The van der Waals surface area contributed by atoms with Crippen LogP contribution in [0.3, 0.4) is 0 Å². The number of amides is 1. The number of carbonyl (C=O) groups is 2. The fraction of sp³-hybridized carbons (Fsp3) is 0.667. The van der Waals surface area contributed by atoms with Crippen LogP contribution in [-0.4, -0.2) is 54.8 Å². The minimum absolute atomic E-state index is 0.0262. The zero-order valence-electron chi connectivity index (χ0n) is 20.3. The van der Waals surface area contributed by atoms with E-state index in [1.54, 1.807) is 45.0 Å². The van der Waals surface area contributed by atoms with Crippen molar-refractivity contribution in [2.24, 2.45) is 11.7 Å². The van der Waals surface area contributed by atoms with Gasteiger partial charge in [-0.3, -0.25) is 4.79 Å². The lowest BCUT2D eigenvalue weighted by atomic mass is 10.1. The molecule has 0 bridgehead atoms. The Morgan fingerprint density at radius 1 is 1.25 bits per heavy atom. The molecule has 0 radical (unpaired) electrons. The third kappa shape index (κ3) is 19.6. The number of cyclic esters (lactones) is 1. The predicted octanol–water partition coefficient (Wildman–Crippen LogP) is 4.43. The first-order valence-corrected chi connectivity index (χ1v) is 11.0. The van der Waals surface area contributed by atoms with Gasteiger partial charge in [0.05, 0.1) is 12.7 Å². The van der Waals surface area contributed by atoms with Crippen LogP contribution in [0.5, 0.6) is 5.75 Å². The Labute approximate surface area is 192 Å². The number of nitrogens with two attached hydrogens (primary N) is 1. The van der Waals surface area contributed by atoms with Gasteiger partial charge in [0.1, 0.15) is 17.5 Å². The second kappa shape index (κ2) is 16.3. The molecule has 3 N–H and O–H groups in total. The van der Waals surface area contributed by atoms with Crippen LogP contribution in [0, 0.1) is 5.92 Å². The van der Waals surface area contributed by atoms with Gasteiger partial charge in [-0.05, 0) is 52.2 Å². The Balaban J connectivity index is 0.000000529. The van der Waals surface area contributed by atoms with Crippen LogP contribution in [0.25, 0.3) is 0 Å². The molecule has 2 atom stereocenters. The standard InChI is InChI=1S/C13H24O4.C6H6O.C5H11NO2/c1-10(2)8-16-12-7-11(3)17-13(14)5-4-6-15-9-12;7-6-4-2-1-3-5-6;1-5(2,3)8-4(6)7/h10-12H,4-9H2,1-3H3;1-5,7H;1-3H3,(H2,6,7). The topological polar surface area (TPSA) is 117 Å². The Morgan fingerprint density at radius 3 is 2.31 bits per heavy atom. The highest BCUT2D eigenvalue weighted by atomic mass is 16.6. The van der Waals surface area contributed by atoms with E-state index < -0.39 is 11.7 Å². The van der Waals surface area contributed by atoms with Crippen molar-refractivity contribution in [3.63, 3.8) is 0 Å². The molecule has 2 unspecified atom stereocenters. The van der Waals surface area contributed by atoms with E-state index in [4.69, 9.17) is 25.1 Å². The van der Waals surface area contributed by atoms with Gasteiger partial charge < -0.3 is 29.8 Å². The summed E-state index contributed by atoms with van der Waals surface area (Å²) in [7, 11) is 0. The molecule has 2 rings (SSSR count). The summed E-state index contributed by atoms with van der Waals surface area (Å²) >= 11 is 0. The first-order chi connectivity index (χ1) is 14.9. The smallest absolute Gasteiger partial charge is 0.405 e. The summed E-state index contributed by atoms with van der Waals surface area (Å²) in [5.41, 5.74) is 4.26. The van der Waals surface area contributed by atoms with Crippen LogP contribution >= 0.6 is 0 Å². The maximum absolute atomic E-state index is 11.4. The van der Waals surface area contributed by atoms with Gasteiger partial charge in [0.15, 0.2) is 0 Å². The molecule has 1 aliphatic heterocycles. The summed E-state index contributed by atoms with van der Waals surface area (Å²) in [6, 6.07) is 8.71. The third-order valence-electron chi connectivity index (χ3n) is 3.73. The molecule has 1 aliphatic rings. The zero-order valence-corrected chi connectivity index (χ0v) is 20.3. The Kier molecular flexibility index (Phi) is 15.1. The quantitative estimate of drug-likeness (QED) is 0.647. The molecule has 1 saturated heterocycles. The SMILES string of the molecule is CC(C)(C)OC(N)=O.CC(C)COC1COCCCC(=O)OC(C)C1.Oc1ccccc1. The maximum atomic E-state index is 11.4. The van der Waals surface area contributed by atoms with Crippen molar-refractivity contribution in [2.45, 2.75) is 78.6 Å². The lowest BCUT2D eigenvalue weighted by Gasteiger charge is -2.24. The third-order valence-corrected chi connectivity index (χ3v) is 3.73. The lowest BCUT2D eigenvalue weighted by molar-refractivity contribution is -0.152. The molecule has 0 aromatic heterocycles. The molecular weight excluding hydrogens is 414 g/mol. The van der Waals surface area contributed by atoms with Crippen molar-refractivity contribution in [3.05, 3.63) is 30.3 Å². The number of phenolic OH excluding ortho intramolecular Hbond substituents is 1. The summed E-state index contributed by atoms with van der Waals surface area (Å²) in [5, 5.41) is 8.63. The number of hydrogen-bond donors (Lipinski definition) is 2. The van der Waals surface area contributed by atoms with Crippen LogP contribution in [-0.2, 0) is 23.7 Å². The van der Waals surface area contributed by atoms with Crippen LogP contribution in [0.15, 0.2) is 30.3 Å². The van der Waals surface area contributed by atoms with Gasteiger partial charge in [0, 0.05) is 26.1 Å². The van der Waals surface area contributed by atoms with Gasteiger partial charge in [-0.2, -0.15) is 0 Å². The van der Waals surface area contributed by atoms with E-state index in [0.29, 0.717) is 44.3 Å². The zero-order chi connectivity index (χ0) is 24.6. The molecule has 1 aromatic carbocycles. The second-order valence-corrected chi connectivity index (χ2v) is 8.93. The van der Waals surface area contributed by atoms with Crippen molar-refractivity contribution in [1.29, 1.82) is 0 Å². The van der Waals surface area contributed by atoms with E-state index in [2.05, 4.69) is 18.6 Å². The molecule has 8 nitrogen and oxygen atoms in total. The van der Waals surface area contributed by atoms with Gasteiger partial charge in [0.2, 0.25) is 0 Å². The molecule has 0 spiro atoms. The van der Waals surface area contributed by atoms with E-state index in [0.717, 1.165) is 6.42 Å². The number of aromatic hydroxyl groups is 1. The number of primary amides is 1. The number of carbonyl (C=O) groups excluding carboxylic acids is 2. The van der Waals surface area contributed by atoms with Crippen molar-refractivity contribution in [3.8, 4) is 5.75 Å². The summed E-state index contributed by atoms with van der Waals surface area (Å²) in [5.74, 6) is 0.691. The number of para-hydroxylation sites is 1. The van der Waals surface area contributed by atoms with E-state index in [9.17, 15) is 9.59 Å². The van der Waals surface area contributed by atoms with Crippen LogP contribution in [0.2, 0.25) is 0 Å². The van der Waals surface area contributed by atoms with Crippen LogP contribution in [0.1, 0.15) is 60.8 Å². The number of esters is 1. The number of hydrogen-bond acceptors (Lipinski definition) is 7. The molecule has 32 heavy (non-hydrogen) atoms. The molecule has 184 valence electrons. The number of rotatable bonds is 3. The Hall–Kier alpha value is -2.32. The minimum atomic E-state index is -0.725. The fourth-order valence-electron chi connectivity index (χ4n) is 2.48. The van der Waals surface area contributed by atoms with E-state index in [-0.39, 0.29) is 18.2 Å². The molecule has 0 saturated carbocycles. The summed E-state index contributed by atoms with van der Waals surface area (Å²) < 4.78 is 21.2. The van der Waals surface area contributed by atoms with Crippen molar-refractivity contribution in [2.75, 3.05) is 19.8 Å². The van der Waals surface area contributed by atoms with Crippen molar-refractivity contribution < 1.29 is 33.6 Å². The normalized spacial score (nSPS) is 19.4. The Morgan fingerprint density at radius 2 is 1.88 bits per heavy atom. The number of ether oxygens (including phenoxy) is 4. The Bertz CT molecular complexity index is 629. The van der Waals surface area contributed by atoms with Gasteiger partial charge in [-0.25, -0.2) is 4.79 Å². The molecule has 1 heterocycles. The van der Waals surface area contributed by atoms with E-state index in [1.165, 1.54) is 0 Å². The summed E-state index contributed by atoms with van der Waals surface area (Å²) in [6.07, 6.45) is 1.08. The van der Waals surface area contributed by atoms with E-state index in [1.807, 2.05) is 13.0 Å². The fourth-order valence-corrected chi connectivity index (χ4v) is 2.48. The van der Waals surface area contributed by atoms with Crippen LogP contribution < -0.4 is 5.73 Å². The average molecular weight is 456 g/mol. The highest BCUT2D eigenvalue weighted by Gasteiger charge is 2.19. The highest BCUT2D eigenvalue weighted by Crippen LogP contribution is 2.12. The molecule has 8 heteroatoms. The first-order valence-electron chi connectivity index (χ1n) is 11.0. The lowest BCUT2D eigenvalue weighted by Crippen LogP contribution is -2.29. The molecular formula is C24H41NO7. The highest BCUT2D eigenvalue weighted by molar-refractivity contribution is 5.69. The molecule has 1 amide bonds.